The van der Waals surface area contributed by atoms with E-state index >= 15 is 0 Å². The fraction of sp³-hybridized carbons (Fsp3) is 0. The lowest BCUT2D eigenvalue weighted by Gasteiger charge is -2.03. The second-order valence-corrected chi connectivity index (χ2v) is 4.69. The first-order valence-electron chi connectivity index (χ1n) is 4.82. The van der Waals surface area contributed by atoms with Gasteiger partial charge in [-0.05, 0) is 46.2 Å². The van der Waals surface area contributed by atoms with E-state index in [0.29, 0.717) is 5.39 Å². The standard InChI is InChI=1S/C12H7IN2O/c13-9-6-7-3-5-15-12(16)10(7)8-2-1-4-14-11(8)9/h1-6H,(H,15,16). The molecule has 3 nitrogen and oxygen atoms in total. The van der Waals surface area contributed by atoms with E-state index in [1.54, 1.807) is 12.4 Å². The molecule has 1 N–H and O–H groups in total. The van der Waals surface area contributed by atoms with Gasteiger partial charge in [0.2, 0.25) is 0 Å². The maximum absolute atomic E-state index is 11.8. The molecule has 0 bridgehead atoms. The third-order valence-electron chi connectivity index (χ3n) is 2.58. The van der Waals surface area contributed by atoms with E-state index in [1.165, 1.54) is 0 Å². The summed E-state index contributed by atoms with van der Waals surface area (Å²) in [5.41, 5.74) is 0.819. The summed E-state index contributed by atoms with van der Waals surface area (Å²) in [4.78, 5) is 18.8. The average Bonchev–Trinajstić information content (AvgIpc) is 2.29. The molecule has 0 radical (unpaired) electrons. The number of hydrogen-bond donors (Lipinski definition) is 1. The van der Waals surface area contributed by atoms with Crippen LogP contribution >= 0.6 is 22.6 Å². The molecule has 0 unspecified atom stereocenters. The molecule has 2 heterocycles. The fourth-order valence-electron chi connectivity index (χ4n) is 1.89. The highest BCUT2D eigenvalue weighted by molar-refractivity contribution is 14.1. The van der Waals surface area contributed by atoms with Crippen molar-refractivity contribution in [2.24, 2.45) is 0 Å². The smallest absolute Gasteiger partial charge is 0.256 e. The zero-order valence-corrected chi connectivity index (χ0v) is 10.4. The van der Waals surface area contributed by atoms with Gasteiger partial charge < -0.3 is 4.98 Å². The van der Waals surface area contributed by atoms with Crippen molar-refractivity contribution in [2.45, 2.75) is 0 Å². The summed E-state index contributed by atoms with van der Waals surface area (Å²) in [7, 11) is 0. The number of rotatable bonds is 0. The largest absolute Gasteiger partial charge is 0.329 e. The highest BCUT2D eigenvalue weighted by Crippen LogP contribution is 2.25. The van der Waals surface area contributed by atoms with E-state index in [9.17, 15) is 4.79 Å². The molecule has 0 fully saturated rings. The third-order valence-corrected chi connectivity index (χ3v) is 3.40. The molecule has 0 amide bonds. The topological polar surface area (TPSA) is 45.8 Å². The highest BCUT2D eigenvalue weighted by atomic mass is 127. The number of hydrogen-bond acceptors (Lipinski definition) is 2. The molecule has 0 saturated heterocycles. The minimum atomic E-state index is -0.0631. The third kappa shape index (κ3) is 1.33. The van der Waals surface area contributed by atoms with E-state index < -0.39 is 0 Å². The minimum absolute atomic E-state index is 0.0631. The Labute approximate surface area is 105 Å². The predicted octanol–water partition coefficient (Wildman–Crippen LogP) is 2.68. The first kappa shape index (κ1) is 9.77. The zero-order valence-electron chi connectivity index (χ0n) is 8.20. The molecular formula is C12H7IN2O. The first-order valence-corrected chi connectivity index (χ1v) is 5.90. The van der Waals surface area contributed by atoms with Gasteiger partial charge in [-0.1, -0.05) is 6.07 Å². The van der Waals surface area contributed by atoms with E-state index in [1.807, 2.05) is 24.3 Å². The molecule has 4 heteroatoms. The molecule has 0 aliphatic carbocycles. The van der Waals surface area contributed by atoms with Crippen LogP contribution < -0.4 is 5.56 Å². The number of nitrogens with one attached hydrogen (secondary N) is 1. The minimum Gasteiger partial charge on any atom is -0.329 e. The molecule has 1 aromatic carbocycles. The van der Waals surface area contributed by atoms with Gasteiger partial charge in [0.15, 0.2) is 0 Å². The molecule has 0 atom stereocenters. The van der Waals surface area contributed by atoms with Crippen molar-refractivity contribution in [3.63, 3.8) is 0 Å². The second-order valence-electron chi connectivity index (χ2n) is 3.53. The van der Waals surface area contributed by atoms with Crippen molar-refractivity contribution < 1.29 is 0 Å². The van der Waals surface area contributed by atoms with Crippen molar-refractivity contribution in [1.82, 2.24) is 9.97 Å². The summed E-state index contributed by atoms with van der Waals surface area (Å²) in [5, 5.41) is 2.57. The molecular weight excluding hydrogens is 315 g/mol. The van der Waals surface area contributed by atoms with Gasteiger partial charge in [0.25, 0.3) is 5.56 Å². The zero-order chi connectivity index (χ0) is 11.1. The van der Waals surface area contributed by atoms with Gasteiger partial charge in [-0.3, -0.25) is 9.78 Å². The van der Waals surface area contributed by atoms with Gasteiger partial charge in [-0.2, -0.15) is 0 Å². The molecule has 78 valence electrons. The van der Waals surface area contributed by atoms with Gasteiger partial charge in [-0.15, -0.1) is 0 Å². The van der Waals surface area contributed by atoms with Gasteiger partial charge >= 0.3 is 0 Å². The molecule has 0 aliphatic rings. The molecule has 0 saturated carbocycles. The van der Waals surface area contributed by atoms with E-state index in [0.717, 1.165) is 19.9 Å². The maximum atomic E-state index is 11.8. The van der Waals surface area contributed by atoms with Crippen molar-refractivity contribution in [2.75, 3.05) is 0 Å². The summed E-state index contributed by atoms with van der Waals surface area (Å²) in [6, 6.07) is 7.68. The number of fused-ring (bicyclic) bond motifs is 3. The molecule has 3 aromatic rings. The van der Waals surface area contributed by atoms with E-state index in [-0.39, 0.29) is 5.56 Å². The van der Waals surface area contributed by atoms with Crippen LogP contribution in [0.2, 0.25) is 0 Å². The lowest BCUT2D eigenvalue weighted by Crippen LogP contribution is -2.05. The number of aromatic nitrogens is 2. The van der Waals surface area contributed by atoms with Crippen LogP contribution in [0.25, 0.3) is 21.7 Å². The Kier molecular flexibility index (Phi) is 2.17. The molecule has 2 aromatic heterocycles. The van der Waals surface area contributed by atoms with Crippen LogP contribution in [0.3, 0.4) is 0 Å². The number of H-pyrrole nitrogens is 1. The first-order chi connectivity index (χ1) is 7.77. The van der Waals surface area contributed by atoms with Gasteiger partial charge in [0.1, 0.15) is 0 Å². The Morgan fingerprint density at radius 1 is 1.31 bits per heavy atom. The van der Waals surface area contributed by atoms with Crippen molar-refractivity contribution in [3.05, 3.63) is 50.6 Å². The van der Waals surface area contributed by atoms with E-state index in [4.69, 9.17) is 0 Å². The number of nitrogens with zero attached hydrogens (tertiary/aromatic N) is 1. The Balaban J connectivity index is 2.72. The summed E-state index contributed by atoms with van der Waals surface area (Å²) in [6.45, 7) is 0. The van der Waals surface area contributed by atoms with Crippen molar-refractivity contribution in [3.8, 4) is 0 Å². The van der Waals surface area contributed by atoms with Crippen LogP contribution in [0.1, 0.15) is 0 Å². The second kappa shape index (κ2) is 3.55. The Morgan fingerprint density at radius 2 is 2.19 bits per heavy atom. The molecule has 0 aliphatic heterocycles. The number of benzene rings is 1. The molecule has 3 rings (SSSR count). The van der Waals surface area contributed by atoms with Crippen LogP contribution in [0.4, 0.5) is 0 Å². The predicted molar refractivity (Wildman–Crippen MR) is 72.6 cm³/mol. The van der Waals surface area contributed by atoms with Gasteiger partial charge in [-0.25, -0.2) is 0 Å². The lowest BCUT2D eigenvalue weighted by atomic mass is 10.1. The van der Waals surface area contributed by atoms with Crippen molar-refractivity contribution >= 4 is 44.3 Å². The fourth-order valence-corrected chi connectivity index (χ4v) is 2.66. The van der Waals surface area contributed by atoms with Crippen LogP contribution in [-0.2, 0) is 0 Å². The lowest BCUT2D eigenvalue weighted by molar-refractivity contribution is 1.28. The van der Waals surface area contributed by atoms with Gasteiger partial charge in [0, 0.05) is 21.4 Å². The quantitative estimate of drug-likeness (QED) is 0.511. The summed E-state index contributed by atoms with van der Waals surface area (Å²) >= 11 is 2.24. The van der Waals surface area contributed by atoms with Crippen LogP contribution in [0.15, 0.2) is 41.5 Å². The maximum Gasteiger partial charge on any atom is 0.256 e. The SMILES string of the molecule is O=c1[nH]ccc2cc(I)c3ncccc3c12. The molecule has 0 spiro atoms. The van der Waals surface area contributed by atoms with Crippen molar-refractivity contribution in [1.29, 1.82) is 0 Å². The van der Waals surface area contributed by atoms with Crippen LogP contribution in [0.5, 0.6) is 0 Å². The normalized spacial score (nSPS) is 11.1. The summed E-state index contributed by atoms with van der Waals surface area (Å²) in [6.07, 6.45) is 3.41. The van der Waals surface area contributed by atoms with Crippen LogP contribution in [-0.4, -0.2) is 9.97 Å². The number of aromatic amines is 1. The highest BCUT2D eigenvalue weighted by Gasteiger charge is 2.07. The Bertz CT molecular complexity index is 749. The monoisotopic (exact) mass is 322 g/mol. The Morgan fingerprint density at radius 3 is 3.06 bits per heavy atom. The van der Waals surface area contributed by atoms with Gasteiger partial charge in [0.05, 0.1) is 10.9 Å². The average molecular weight is 322 g/mol. The Hall–Kier alpha value is -1.43. The number of pyridine rings is 2. The summed E-state index contributed by atoms with van der Waals surface area (Å²) < 4.78 is 1.06. The summed E-state index contributed by atoms with van der Waals surface area (Å²) in [5.74, 6) is 0. The number of halogens is 1. The molecule has 16 heavy (non-hydrogen) atoms. The van der Waals surface area contributed by atoms with Crippen LogP contribution in [0, 0.1) is 3.57 Å². The van der Waals surface area contributed by atoms with E-state index in [2.05, 4.69) is 32.6 Å².